The molecule has 1 aromatic heterocycles. The molecule has 1 fully saturated rings. The van der Waals surface area contributed by atoms with E-state index in [-0.39, 0.29) is 54.7 Å². The van der Waals surface area contributed by atoms with E-state index >= 15 is 0 Å². The number of fused-ring (bicyclic) bond motifs is 1. The predicted octanol–water partition coefficient (Wildman–Crippen LogP) is 2.69. The van der Waals surface area contributed by atoms with Crippen molar-refractivity contribution in [2.24, 2.45) is 5.92 Å². The van der Waals surface area contributed by atoms with Gasteiger partial charge in [0, 0.05) is 36.0 Å². The van der Waals surface area contributed by atoms with E-state index in [0.717, 1.165) is 12.8 Å². The molecule has 1 saturated carbocycles. The lowest BCUT2D eigenvalue weighted by Crippen LogP contribution is -2.56. The third kappa shape index (κ3) is 6.76. The fourth-order valence-electron chi connectivity index (χ4n) is 5.15. The molecule has 0 unspecified atom stereocenters. The molecule has 43 heavy (non-hydrogen) atoms. The quantitative estimate of drug-likeness (QED) is 0.155. The van der Waals surface area contributed by atoms with Crippen molar-refractivity contribution in [3.63, 3.8) is 0 Å². The van der Waals surface area contributed by atoms with E-state index in [2.05, 4.69) is 5.32 Å². The van der Waals surface area contributed by atoms with E-state index in [1.54, 1.807) is 30.3 Å². The molecule has 2 amide bonds. The minimum absolute atomic E-state index is 0.0106. The Hall–Kier alpha value is -3.75. The van der Waals surface area contributed by atoms with E-state index < -0.39 is 35.7 Å². The Morgan fingerprint density at radius 3 is 2.67 bits per heavy atom. The number of amides is 2. The van der Waals surface area contributed by atoms with E-state index in [9.17, 15) is 29.4 Å². The summed E-state index contributed by atoms with van der Waals surface area (Å²) >= 11 is 1.99. The summed E-state index contributed by atoms with van der Waals surface area (Å²) < 4.78 is 17.7. The standard InChI is InChI=1S/C31H31IN2O9/c1-41-26-11-18(16-36)10-22(32)28(26)42-25-14-20(29(38)33-8-9-35)13-23(27(25)37)34(15-17-6-7-17)30(39)21-12-19-4-2-3-5-24(19)43-31(21)40/h2-5,10-12,14,16-17,23,25,27,35,37H,6-9,13,15H2,1H3,(H,33,38)/t23-,25+,27+/m1/s1. The molecule has 3 N–H and O–H groups in total. The van der Waals surface area contributed by atoms with Gasteiger partial charge in [0.1, 0.15) is 29.6 Å². The maximum Gasteiger partial charge on any atom is 0.349 e. The number of nitrogens with zero attached hydrogens (tertiary/aromatic N) is 1. The SMILES string of the molecule is COc1cc(C=O)cc(I)c1O[C@H]1C=C(C(=O)NCCO)C[C@@H](N(CC2CC2)C(=O)c2cc3ccccc3oc2=O)[C@@H]1O. The average molecular weight is 702 g/mol. The van der Waals surface area contributed by atoms with E-state index in [4.69, 9.17) is 13.9 Å². The summed E-state index contributed by atoms with van der Waals surface area (Å²) in [4.78, 5) is 53.0. The van der Waals surface area contributed by atoms with Gasteiger partial charge in [0.25, 0.3) is 5.91 Å². The molecule has 11 nitrogen and oxygen atoms in total. The van der Waals surface area contributed by atoms with Crippen molar-refractivity contribution in [3.8, 4) is 11.5 Å². The third-order valence-corrected chi connectivity index (χ3v) is 8.34. The molecule has 0 radical (unpaired) electrons. The second-order valence-corrected chi connectivity index (χ2v) is 11.7. The number of benzene rings is 2. The Bertz CT molecular complexity index is 1630. The third-order valence-electron chi connectivity index (χ3n) is 7.54. The summed E-state index contributed by atoms with van der Waals surface area (Å²) in [5, 5.41) is 24.2. The van der Waals surface area contributed by atoms with Crippen LogP contribution in [0.15, 0.2) is 63.3 Å². The summed E-state index contributed by atoms with van der Waals surface area (Å²) in [5.74, 6) is -0.421. The molecule has 226 valence electrons. The Balaban J connectivity index is 1.54. The van der Waals surface area contributed by atoms with Crippen molar-refractivity contribution in [2.75, 3.05) is 26.8 Å². The van der Waals surface area contributed by atoms with Gasteiger partial charge in [-0.05, 0) is 71.7 Å². The summed E-state index contributed by atoms with van der Waals surface area (Å²) in [6.07, 6.45) is 1.49. The van der Waals surface area contributed by atoms with Gasteiger partial charge in [-0.25, -0.2) is 4.79 Å². The Kier molecular flexibility index (Phi) is 9.47. The number of rotatable bonds is 11. The van der Waals surface area contributed by atoms with Crippen molar-refractivity contribution >= 4 is 51.7 Å². The minimum Gasteiger partial charge on any atom is -0.493 e. The minimum atomic E-state index is -1.31. The van der Waals surface area contributed by atoms with Crippen LogP contribution < -0.4 is 20.4 Å². The van der Waals surface area contributed by atoms with Gasteiger partial charge < -0.3 is 34.3 Å². The van der Waals surface area contributed by atoms with Crippen molar-refractivity contribution in [1.29, 1.82) is 0 Å². The second kappa shape index (κ2) is 13.3. The normalized spacial score (nSPS) is 19.8. The number of carbonyl (C=O) groups is 3. The lowest BCUT2D eigenvalue weighted by Gasteiger charge is -2.40. The van der Waals surface area contributed by atoms with Gasteiger partial charge in [0.2, 0.25) is 5.91 Å². The van der Waals surface area contributed by atoms with E-state index in [0.29, 0.717) is 26.4 Å². The highest BCUT2D eigenvalue weighted by atomic mass is 127. The number of halogens is 1. The molecule has 2 aliphatic carbocycles. The Morgan fingerprint density at radius 1 is 1.21 bits per heavy atom. The molecule has 0 spiro atoms. The zero-order chi connectivity index (χ0) is 30.7. The Labute approximate surface area is 260 Å². The lowest BCUT2D eigenvalue weighted by molar-refractivity contribution is -0.118. The first-order chi connectivity index (χ1) is 20.7. The molecule has 12 heteroatoms. The molecule has 5 rings (SSSR count). The summed E-state index contributed by atoms with van der Waals surface area (Å²) in [5.41, 5.74) is -0.0184. The molecule has 3 aromatic rings. The number of carbonyl (C=O) groups excluding carboxylic acids is 3. The van der Waals surface area contributed by atoms with Crippen LogP contribution in [0.4, 0.5) is 0 Å². The number of nitrogens with one attached hydrogen (secondary N) is 1. The maximum atomic E-state index is 14.1. The number of hydrogen-bond acceptors (Lipinski definition) is 9. The summed E-state index contributed by atoms with van der Waals surface area (Å²) in [7, 11) is 1.42. The van der Waals surface area contributed by atoms with Gasteiger partial charge >= 0.3 is 5.63 Å². The van der Waals surface area contributed by atoms with Crippen LogP contribution in [-0.4, -0.2) is 78.3 Å². The van der Waals surface area contributed by atoms with Crippen LogP contribution in [0.5, 0.6) is 11.5 Å². The van der Waals surface area contributed by atoms with E-state index in [1.807, 2.05) is 22.6 Å². The lowest BCUT2D eigenvalue weighted by atomic mass is 9.87. The average Bonchev–Trinajstić information content (AvgIpc) is 3.84. The van der Waals surface area contributed by atoms with Crippen molar-refractivity contribution < 1.29 is 38.5 Å². The van der Waals surface area contributed by atoms with Crippen LogP contribution in [0.2, 0.25) is 0 Å². The molecule has 2 aromatic carbocycles. The highest BCUT2D eigenvalue weighted by Crippen LogP contribution is 2.38. The number of hydrogen-bond donors (Lipinski definition) is 3. The van der Waals surface area contributed by atoms with Crippen LogP contribution in [0.3, 0.4) is 0 Å². The fourth-order valence-corrected chi connectivity index (χ4v) is 5.90. The zero-order valence-corrected chi connectivity index (χ0v) is 25.5. The number of aldehydes is 1. The fraction of sp³-hybridized carbons (Fsp3) is 0.355. The van der Waals surface area contributed by atoms with Crippen molar-refractivity contribution in [2.45, 2.75) is 37.5 Å². The molecular formula is C31H31IN2O9. The largest absolute Gasteiger partial charge is 0.493 e. The monoisotopic (exact) mass is 702 g/mol. The van der Waals surface area contributed by atoms with Gasteiger partial charge in [-0.15, -0.1) is 0 Å². The topological polar surface area (TPSA) is 156 Å². The van der Waals surface area contributed by atoms with Gasteiger partial charge in [-0.3, -0.25) is 14.4 Å². The highest BCUT2D eigenvalue weighted by Gasteiger charge is 2.43. The van der Waals surface area contributed by atoms with Crippen LogP contribution in [0.25, 0.3) is 11.0 Å². The molecule has 0 bridgehead atoms. The van der Waals surface area contributed by atoms with Gasteiger partial charge in [-0.2, -0.15) is 0 Å². The van der Waals surface area contributed by atoms with Crippen LogP contribution >= 0.6 is 22.6 Å². The first-order valence-electron chi connectivity index (χ1n) is 13.8. The summed E-state index contributed by atoms with van der Waals surface area (Å²) in [6.45, 7) is 0.00410. The number of aliphatic hydroxyl groups is 2. The van der Waals surface area contributed by atoms with E-state index in [1.165, 1.54) is 30.2 Å². The first-order valence-corrected chi connectivity index (χ1v) is 14.9. The summed E-state index contributed by atoms with van der Waals surface area (Å²) in [6, 6.07) is 10.5. The molecule has 2 aliphatic rings. The predicted molar refractivity (Wildman–Crippen MR) is 164 cm³/mol. The smallest absolute Gasteiger partial charge is 0.349 e. The van der Waals surface area contributed by atoms with Crippen molar-refractivity contribution in [3.05, 3.63) is 79.2 Å². The maximum absolute atomic E-state index is 14.1. The number of para-hydroxylation sites is 1. The van der Waals surface area contributed by atoms with Gasteiger partial charge in [-0.1, -0.05) is 18.2 Å². The van der Waals surface area contributed by atoms with Crippen LogP contribution in [-0.2, 0) is 4.79 Å². The second-order valence-electron chi connectivity index (χ2n) is 10.6. The first kappa shape index (κ1) is 30.7. The van der Waals surface area contributed by atoms with Gasteiger partial charge in [0.15, 0.2) is 11.5 Å². The van der Waals surface area contributed by atoms with Gasteiger partial charge in [0.05, 0.1) is 23.3 Å². The highest BCUT2D eigenvalue weighted by molar-refractivity contribution is 14.1. The van der Waals surface area contributed by atoms with Crippen molar-refractivity contribution in [1.82, 2.24) is 10.2 Å². The molecular weight excluding hydrogens is 671 g/mol. The number of methoxy groups -OCH3 is 1. The van der Waals surface area contributed by atoms with Crippen LogP contribution in [0.1, 0.15) is 40.0 Å². The Morgan fingerprint density at radius 2 is 1.98 bits per heavy atom. The number of aliphatic hydroxyl groups excluding tert-OH is 2. The molecule has 0 aliphatic heterocycles. The zero-order valence-electron chi connectivity index (χ0n) is 23.3. The molecule has 0 saturated heterocycles. The van der Waals surface area contributed by atoms with Crippen LogP contribution in [0, 0.1) is 9.49 Å². The number of ether oxygens (including phenoxy) is 2. The molecule has 1 heterocycles. The molecule has 3 atom stereocenters.